The van der Waals surface area contributed by atoms with Crippen LogP contribution in [0, 0.1) is 12.7 Å². The van der Waals surface area contributed by atoms with Crippen LogP contribution in [0.2, 0.25) is 0 Å². The fourth-order valence-electron chi connectivity index (χ4n) is 4.42. The summed E-state index contributed by atoms with van der Waals surface area (Å²) >= 11 is 0. The first-order valence-corrected chi connectivity index (χ1v) is 14.0. The number of hydrogen-bond donors (Lipinski definition) is 3. The predicted octanol–water partition coefficient (Wildman–Crippen LogP) is 4.31. The molecule has 10 nitrogen and oxygen atoms in total. The van der Waals surface area contributed by atoms with E-state index in [2.05, 4.69) is 25.3 Å². The van der Waals surface area contributed by atoms with Gasteiger partial charge in [-0.1, -0.05) is 12.1 Å². The molecule has 0 unspecified atom stereocenters. The van der Waals surface area contributed by atoms with Crippen LogP contribution in [-0.4, -0.2) is 60.9 Å². The molecular weight excluding hydrogens is 521 g/mol. The highest BCUT2D eigenvalue weighted by molar-refractivity contribution is 7.90. The maximum Gasteiger partial charge on any atom is 0.301 e. The number of benzene rings is 2. The highest BCUT2D eigenvalue weighted by Crippen LogP contribution is 2.39. The monoisotopic (exact) mass is 551 g/mol. The smallest absolute Gasteiger partial charge is 0.301 e. The van der Waals surface area contributed by atoms with Crippen molar-refractivity contribution in [2.75, 3.05) is 37.2 Å². The van der Waals surface area contributed by atoms with E-state index in [-0.39, 0.29) is 11.7 Å². The Balaban J connectivity index is 1.52. The van der Waals surface area contributed by atoms with E-state index in [1.54, 1.807) is 42.7 Å². The van der Waals surface area contributed by atoms with E-state index in [1.807, 2.05) is 13.0 Å². The standard InChI is InChI=1S/C27H30FN7O3S/c1-17-8-9-19-20(10-11-22(28)24(19)34-39(36,37)35(2)3)25(17)38-26-21(7-5-14-30-26)23-12-15-31-27(33-23)32-18-6-4-13-29-16-18/h5,7-12,14-15,18,29,34H,4,6,13,16H2,1-3H3,(H,31,32,33)/t18-/m0/s1. The summed E-state index contributed by atoms with van der Waals surface area (Å²) in [4.78, 5) is 13.5. The first-order valence-electron chi connectivity index (χ1n) is 12.6. The largest absolute Gasteiger partial charge is 0.437 e. The first-order chi connectivity index (χ1) is 18.7. The third-order valence-corrected chi connectivity index (χ3v) is 7.96. The molecule has 1 aliphatic rings. The number of aromatic nitrogens is 3. The van der Waals surface area contributed by atoms with Crippen molar-refractivity contribution in [1.82, 2.24) is 24.6 Å². The van der Waals surface area contributed by atoms with Crippen molar-refractivity contribution in [3.63, 3.8) is 0 Å². The maximum atomic E-state index is 14.8. The van der Waals surface area contributed by atoms with Crippen molar-refractivity contribution in [2.45, 2.75) is 25.8 Å². The Labute approximate surface area is 226 Å². The van der Waals surface area contributed by atoms with Crippen LogP contribution in [0.25, 0.3) is 22.0 Å². The number of nitrogens with one attached hydrogen (secondary N) is 3. The van der Waals surface area contributed by atoms with Crippen LogP contribution in [0.15, 0.2) is 54.9 Å². The molecule has 204 valence electrons. The number of piperidine rings is 1. The molecule has 3 N–H and O–H groups in total. The van der Waals surface area contributed by atoms with Gasteiger partial charge in [0.25, 0.3) is 0 Å². The molecule has 1 atom stereocenters. The van der Waals surface area contributed by atoms with E-state index in [1.165, 1.54) is 20.2 Å². The summed E-state index contributed by atoms with van der Waals surface area (Å²) in [5.74, 6) is 0.552. The van der Waals surface area contributed by atoms with Crippen molar-refractivity contribution in [2.24, 2.45) is 0 Å². The average molecular weight is 552 g/mol. The van der Waals surface area contributed by atoms with E-state index < -0.39 is 16.0 Å². The molecule has 39 heavy (non-hydrogen) atoms. The van der Waals surface area contributed by atoms with Gasteiger partial charge in [-0.25, -0.2) is 19.3 Å². The van der Waals surface area contributed by atoms with Gasteiger partial charge >= 0.3 is 10.2 Å². The molecule has 2 aromatic carbocycles. The lowest BCUT2D eigenvalue weighted by molar-refractivity contribution is 0.466. The number of rotatable bonds is 8. The molecule has 5 rings (SSSR count). The van der Waals surface area contributed by atoms with Gasteiger partial charge in [-0.2, -0.15) is 12.7 Å². The zero-order valence-corrected chi connectivity index (χ0v) is 22.7. The minimum absolute atomic E-state index is 0.156. The van der Waals surface area contributed by atoms with Gasteiger partial charge in [0, 0.05) is 49.8 Å². The van der Waals surface area contributed by atoms with Crippen molar-refractivity contribution in [3.8, 4) is 22.9 Å². The molecule has 0 spiro atoms. The molecule has 3 heterocycles. The van der Waals surface area contributed by atoms with Gasteiger partial charge in [0.05, 0.1) is 16.9 Å². The molecular formula is C27H30FN7O3S. The summed E-state index contributed by atoms with van der Waals surface area (Å²) in [5, 5.41) is 7.64. The van der Waals surface area contributed by atoms with E-state index in [0.29, 0.717) is 39.6 Å². The molecule has 0 radical (unpaired) electrons. The van der Waals surface area contributed by atoms with Gasteiger partial charge in [-0.3, -0.25) is 4.72 Å². The number of aryl methyl sites for hydroxylation is 1. The second-order valence-electron chi connectivity index (χ2n) is 9.53. The Kier molecular flexibility index (Phi) is 7.60. The SMILES string of the molecule is Cc1ccc2c(NS(=O)(=O)N(C)C)c(F)ccc2c1Oc1ncccc1-c1ccnc(N[C@H]2CCCNC2)n1. The van der Waals surface area contributed by atoms with E-state index in [4.69, 9.17) is 9.72 Å². The predicted molar refractivity (Wildman–Crippen MR) is 150 cm³/mol. The Morgan fingerprint density at radius 1 is 1.08 bits per heavy atom. The summed E-state index contributed by atoms with van der Waals surface area (Å²) in [7, 11) is -1.20. The Morgan fingerprint density at radius 3 is 2.67 bits per heavy atom. The number of nitrogens with zero attached hydrogens (tertiary/aromatic N) is 4. The molecule has 1 fully saturated rings. The number of pyridine rings is 1. The zero-order chi connectivity index (χ0) is 27.6. The van der Waals surface area contributed by atoms with Gasteiger partial charge in [-0.05, 0) is 62.2 Å². The van der Waals surface area contributed by atoms with Crippen LogP contribution >= 0.6 is 0 Å². The molecule has 0 saturated carbocycles. The Bertz CT molecular complexity index is 1610. The van der Waals surface area contributed by atoms with Crippen molar-refractivity contribution in [3.05, 3.63) is 66.2 Å². The van der Waals surface area contributed by atoms with Crippen molar-refractivity contribution in [1.29, 1.82) is 0 Å². The fourth-order valence-corrected chi connectivity index (χ4v) is 5.07. The van der Waals surface area contributed by atoms with Crippen molar-refractivity contribution >= 4 is 32.6 Å². The second kappa shape index (κ2) is 11.1. The summed E-state index contributed by atoms with van der Waals surface area (Å²) in [6, 6.07) is 11.9. The number of halogens is 1. The highest BCUT2D eigenvalue weighted by atomic mass is 32.2. The summed E-state index contributed by atoms with van der Waals surface area (Å²) in [6.45, 7) is 3.72. The van der Waals surface area contributed by atoms with Crippen LogP contribution in [0.3, 0.4) is 0 Å². The van der Waals surface area contributed by atoms with Gasteiger partial charge in [0.2, 0.25) is 11.8 Å². The summed E-state index contributed by atoms with van der Waals surface area (Å²) in [5.41, 5.74) is 1.89. The molecule has 1 saturated heterocycles. The molecule has 0 bridgehead atoms. The lowest BCUT2D eigenvalue weighted by atomic mass is 10.0. The fraction of sp³-hybridized carbons (Fsp3) is 0.296. The number of ether oxygens (including phenoxy) is 1. The molecule has 12 heteroatoms. The van der Waals surface area contributed by atoms with Crippen molar-refractivity contribution < 1.29 is 17.5 Å². The second-order valence-corrected chi connectivity index (χ2v) is 11.4. The first kappa shape index (κ1) is 26.7. The third-order valence-electron chi connectivity index (χ3n) is 6.54. The molecule has 0 aliphatic carbocycles. The van der Waals surface area contributed by atoms with Crippen LogP contribution in [0.1, 0.15) is 18.4 Å². The Morgan fingerprint density at radius 2 is 1.90 bits per heavy atom. The van der Waals surface area contributed by atoms with Crippen LogP contribution in [0.5, 0.6) is 11.6 Å². The van der Waals surface area contributed by atoms with Gasteiger partial charge in [-0.15, -0.1) is 0 Å². The molecule has 1 aliphatic heterocycles. The minimum Gasteiger partial charge on any atom is -0.437 e. The van der Waals surface area contributed by atoms with E-state index in [9.17, 15) is 12.8 Å². The summed E-state index contributed by atoms with van der Waals surface area (Å²) < 4.78 is 49.5. The van der Waals surface area contributed by atoms with Crippen LogP contribution < -0.4 is 20.1 Å². The van der Waals surface area contributed by atoms with E-state index in [0.717, 1.165) is 35.8 Å². The summed E-state index contributed by atoms with van der Waals surface area (Å²) in [6.07, 6.45) is 5.43. The normalized spacial score (nSPS) is 15.9. The van der Waals surface area contributed by atoms with E-state index >= 15 is 0 Å². The number of hydrogen-bond acceptors (Lipinski definition) is 8. The zero-order valence-electron chi connectivity index (χ0n) is 21.9. The quantitative estimate of drug-likeness (QED) is 0.296. The highest BCUT2D eigenvalue weighted by Gasteiger charge is 2.21. The molecule has 0 amide bonds. The Hall–Kier alpha value is -3.87. The minimum atomic E-state index is -3.94. The lowest BCUT2D eigenvalue weighted by Crippen LogP contribution is -2.38. The lowest BCUT2D eigenvalue weighted by Gasteiger charge is -2.23. The van der Waals surface area contributed by atoms with Gasteiger partial charge < -0.3 is 15.4 Å². The topological polar surface area (TPSA) is 121 Å². The van der Waals surface area contributed by atoms with Crippen LogP contribution in [-0.2, 0) is 10.2 Å². The molecule has 2 aromatic heterocycles. The maximum absolute atomic E-state index is 14.8. The van der Waals surface area contributed by atoms with Crippen LogP contribution in [0.4, 0.5) is 16.0 Å². The number of fused-ring (bicyclic) bond motifs is 1. The van der Waals surface area contributed by atoms with Gasteiger partial charge in [0.1, 0.15) is 11.6 Å². The average Bonchev–Trinajstić information content (AvgIpc) is 2.92. The third kappa shape index (κ3) is 5.77. The molecule has 4 aromatic rings. The van der Waals surface area contributed by atoms with Gasteiger partial charge in [0.15, 0.2) is 0 Å². The number of anilines is 2.